The Hall–Kier alpha value is -2.04. The van der Waals surface area contributed by atoms with Crippen LogP contribution in [0.15, 0.2) is 24.3 Å². The zero-order chi connectivity index (χ0) is 21.2. The number of aliphatic carboxylic acids is 1. The number of aliphatic hydroxyl groups excluding tert-OH is 3. The SMILES string of the molecule is CCC(=O)C1(c2cccc(O[C@@H]3O[C@H](C(=O)O)[C@@H](O)[C@H](O)[C@H]3O)c2)CCNCC1. The van der Waals surface area contributed by atoms with E-state index in [1.165, 1.54) is 0 Å². The first-order chi connectivity index (χ1) is 13.8. The molecular weight excluding hydrogens is 382 g/mol. The summed E-state index contributed by atoms with van der Waals surface area (Å²) in [4.78, 5) is 24.0. The molecule has 0 aromatic heterocycles. The first-order valence-electron chi connectivity index (χ1n) is 9.74. The summed E-state index contributed by atoms with van der Waals surface area (Å²) in [6, 6.07) is 6.84. The van der Waals surface area contributed by atoms with Crippen molar-refractivity contribution >= 4 is 11.8 Å². The number of carbonyl (C=O) groups excluding carboxylic acids is 1. The first kappa shape index (κ1) is 21.7. The maximum atomic E-state index is 12.8. The number of ketones is 1. The van der Waals surface area contributed by atoms with E-state index in [0.717, 1.165) is 5.56 Å². The van der Waals surface area contributed by atoms with Crippen molar-refractivity contribution < 1.29 is 39.5 Å². The molecule has 2 heterocycles. The number of carboxylic acid groups (broad SMARTS) is 1. The summed E-state index contributed by atoms with van der Waals surface area (Å²) in [7, 11) is 0. The van der Waals surface area contributed by atoms with Crippen molar-refractivity contribution in [1.29, 1.82) is 0 Å². The Labute approximate surface area is 168 Å². The van der Waals surface area contributed by atoms with Gasteiger partial charge in [-0.25, -0.2) is 4.79 Å². The average molecular weight is 409 g/mol. The van der Waals surface area contributed by atoms with Crippen LogP contribution in [0, 0.1) is 0 Å². The van der Waals surface area contributed by atoms with Crippen molar-refractivity contribution in [3.05, 3.63) is 29.8 Å². The summed E-state index contributed by atoms with van der Waals surface area (Å²) in [5.41, 5.74) is 0.147. The van der Waals surface area contributed by atoms with Gasteiger partial charge in [-0.1, -0.05) is 19.1 Å². The van der Waals surface area contributed by atoms with Gasteiger partial charge in [0, 0.05) is 6.42 Å². The molecule has 0 aliphatic carbocycles. The molecule has 2 fully saturated rings. The number of rotatable bonds is 6. The summed E-state index contributed by atoms with van der Waals surface area (Å²) in [6.45, 7) is 3.26. The number of aliphatic hydroxyl groups is 3. The molecule has 0 unspecified atom stereocenters. The normalized spacial score (nSPS) is 31.8. The predicted molar refractivity (Wildman–Crippen MR) is 100 cm³/mol. The Balaban J connectivity index is 1.85. The highest BCUT2D eigenvalue weighted by Gasteiger charge is 2.48. The van der Waals surface area contributed by atoms with E-state index < -0.39 is 42.1 Å². The van der Waals surface area contributed by atoms with E-state index in [4.69, 9.17) is 14.6 Å². The minimum atomic E-state index is -1.78. The summed E-state index contributed by atoms with van der Waals surface area (Å²) >= 11 is 0. The number of Topliss-reactive ketones (excluding diaryl/α,β-unsaturated/α-hetero) is 1. The van der Waals surface area contributed by atoms with Crippen molar-refractivity contribution in [3.8, 4) is 5.75 Å². The van der Waals surface area contributed by atoms with Gasteiger partial charge in [-0.2, -0.15) is 0 Å². The van der Waals surface area contributed by atoms with Crippen LogP contribution in [0.1, 0.15) is 31.7 Å². The molecule has 5 atom stereocenters. The molecule has 2 aliphatic rings. The fraction of sp³-hybridized carbons (Fsp3) is 0.600. The number of ether oxygens (including phenoxy) is 2. The Kier molecular flexibility index (Phi) is 6.55. The molecule has 0 radical (unpaired) electrons. The molecule has 0 amide bonds. The van der Waals surface area contributed by atoms with E-state index in [0.29, 0.717) is 32.4 Å². The number of carboxylic acids is 1. The average Bonchev–Trinajstić information content (AvgIpc) is 2.74. The minimum absolute atomic E-state index is 0.134. The van der Waals surface area contributed by atoms with Gasteiger partial charge in [0.25, 0.3) is 0 Å². The van der Waals surface area contributed by atoms with Crippen LogP contribution >= 0.6 is 0 Å². The Morgan fingerprint density at radius 1 is 1.17 bits per heavy atom. The van der Waals surface area contributed by atoms with Crippen LogP contribution in [0.2, 0.25) is 0 Å². The lowest BCUT2D eigenvalue weighted by Crippen LogP contribution is -2.61. The van der Waals surface area contributed by atoms with Gasteiger partial charge in [-0.3, -0.25) is 4.79 Å². The van der Waals surface area contributed by atoms with Crippen LogP contribution in [-0.2, 0) is 19.7 Å². The highest BCUT2D eigenvalue weighted by atomic mass is 16.7. The van der Waals surface area contributed by atoms with Crippen LogP contribution in [0.3, 0.4) is 0 Å². The van der Waals surface area contributed by atoms with E-state index in [9.17, 15) is 24.9 Å². The summed E-state index contributed by atoms with van der Waals surface area (Å²) in [5.74, 6) is -1.08. The van der Waals surface area contributed by atoms with Crippen molar-refractivity contribution in [3.63, 3.8) is 0 Å². The van der Waals surface area contributed by atoms with Gasteiger partial charge >= 0.3 is 5.97 Å². The smallest absolute Gasteiger partial charge is 0.335 e. The van der Waals surface area contributed by atoms with Gasteiger partial charge in [0.15, 0.2) is 6.10 Å². The van der Waals surface area contributed by atoms with Crippen LogP contribution in [-0.4, -0.2) is 76.0 Å². The standard InChI is InChI=1S/C20H27NO8/c1-2-13(22)20(6-8-21-9-7-20)11-4-3-5-12(10-11)28-19-16(25)14(23)15(24)17(29-19)18(26)27/h3-5,10,14-17,19,21,23-25H,2,6-9H2,1H3,(H,26,27)/t14-,15-,16+,17-,19+/m0/s1. The molecule has 1 aromatic carbocycles. The maximum absolute atomic E-state index is 12.8. The van der Waals surface area contributed by atoms with Crippen LogP contribution in [0.5, 0.6) is 5.75 Å². The fourth-order valence-corrected chi connectivity index (χ4v) is 4.07. The Bertz CT molecular complexity index is 748. The summed E-state index contributed by atoms with van der Waals surface area (Å²) in [5, 5.41) is 42.3. The molecule has 29 heavy (non-hydrogen) atoms. The van der Waals surface area contributed by atoms with Gasteiger partial charge in [0.2, 0.25) is 6.29 Å². The quantitative estimate of drug-likeness (QED) is 0.422. The number of piperidine rings is 1. The van der Waals surface area contributed by atoms with Crippen molar-refractivity contribution in [2.45, 2.75) is 62.3 Å². The van der Waals surface area contributed by atoms with E-state index in [-0.39, 0.29) is 11.5 Å². The third kappa shape index (κ3) is 4.15. The second kappa shape index (κ2) is 8.76. The largest absolute Gasteiger partial charge is 0.479 e. The van der Waals surface area contributed by atoms with Gasteiger partial charge in [-0.15, -0.1) is 0 Å². The topological polar surface area (TPSA) is 146 Å². The van der Waals surface area contributed by atoms with E-state index >= 15 is 0 Å². The van der Waals surface area contributed by atoms with Crippen molar-refractivity contribution in [2.75, 3.05) is 13.1 Å². The van der Waals surface area contributed by atoms with Crippen molar-refractivity contribution in [2.24, 2.45) is 0 Å². The molecule has 0 spiro atoms. The molecular formula is C20H27NO8. The number of benzene rings is 1. The Morgan fingerprint density at radius 3 is 2.48 bits per heavy atom. The molecule has 0 bridgehead atoms. The minimum Gasteiger partial charge on any atom is -0.479 e. The van der Waals surface area contributed by atoms with Gasteiger partial charge < -0.3 is 35.2 Å². The van der Waals surface area contributed by atoms with Gasteiger partial charge in [0.1, 0.15) is 29.8 Å². The predicted octanol–water partition coefficient (Wildman–Crippen LogP) is -0.442. The number of hydrogen-bond acceptors (Lipinski definition) is 8. The number of nitrogens with one attached hydrogen (secondary N) is 1. The second-order valence-electron chi connectivity index (χ2n) is 7.49. The lowest BCUT2D eigenvalue weighted by molar-refractivity contribution is -0.271. The number of hydrogen-bond donors (Lipinski definition) is 5. The lowest BCUT2D eigenvalue weighted by Gasteiger charge is -2.39. The molecule has 3 rings (SSSR count). The molecule has 0 saturated carbocycles. The molecule has 2 aliphatic heterocycles. The van der Waals surface area contributed by atoms with Gasteiger partial charge in [0.05, 0.1) is 5.41 Å². The second-order valence-corrected chi connectivity index (χ2v) is 7.49. The van der Waals surface area contributed by atoms with E-state index in [1.54, 1.807) is 18.2 Å². The third-order valence-corrected chi connectivity index (χ3v) is 5.76. The maximum Gasteiger partial charge on any atom is 0.335 e. The Morgan fingerprint density at radius 2 is 1.86 bits per heavy atom. The monoisotopic (exact) mass is 409 g/mol. The first-order valence-corrected chi connectivity index (χ1v) is 9.74. The molecule has 2 saturated heterocycles. The summed E-state index contributed by atoms with van der Waals surface area (Å²) in [6.07, 6.45) is -6.69. The highest BCUT2D eigenvalue weighted by Crippen LogP contribution is 2.37. The third-order valence-electron chi connectivity index (χ3n) is 5.76. The molecule has 5 N–H and O–H groups in total. The van der Waals surface area contributed by atoms with Crippen LogP contribution < -0.4 is 10.1 Å². The molecule has 9 heteroatoms. The highest BCUT2D eigenvalue weighted by molar-refractivity contribution is 5.90. The molecule has 160 valence electrons. The fourth-order valence-electron chi connectivity index (χ4n) is 4.07. The lowest BCUT2D eigenvalue weighted by atomic mass is 9.69. The zero-order valence-corrected chi connectivity index (χ0v) is 16.2. The van der Waals surface area contributed by atoms with Crippen molar-refractivity contribution in [1.82, 2.24) is 5.32 Å². The molecule has 9 nitrogen and oxygen atoms in total. The van der Waals surface area contributed by atoms with E-state index in [1.807, 2.05) is 13.0 Å². The van der Waals surface area contributed by atoms with Crippen LogP contribution in [0.4, 0.5) is 0 Å². The molecule has 1 aromatic rings. The van der Waals surface area contributed by atoms with Gasteiger partial charge in [-0.05, 0) is 43.6 Å². The zero-order valence-electron chi connectivity index (χ0n) is 16.2. The van der Waals surface area contributed by atoms with E-state index in [2.05, 4.69) is 5.32 Å². The summed E-state index contributed by atoms with van der Waals surface area (Å²) < 4.78 is 10.8. The number of carbonyl (C=O) groups is 2. The van der Waals surface area contributed by atoms with Crippen LogP contribution in [0.25, 0.3) is 0 Å².